The van der Waals surface area contributed by atoms with E-state index in [0.717, 1.165) is 23.9 Å². The number of ether oxygens (including phenoxy) is 1. The van der Waals surface area contributed by atoms with E-state index in [2.05, 4.69) is 15.4 Å². The molecule has 136 valence electrons. The lowest BCUT2D eigenvalue weighted by Gasteiger charge is -2.32. The lowest BCUT2D eigenvalue weighted by atomic mass is 10.0. The van der Waals surface area contributed by atoms with Crippen LogP contribution >= 0.6 is 0 Å². The number of hydrogen-bond acceptors (Lipinski definition) is 5. The summed E-state index contributed by atoms with van der Waals surface area (Å²) in [6, 6.07) is 6.37. The SMILES string of the molecule is COc1ccc(C2=NOC(CNC3CCN(C4CC4)CC3)C2)cc1F. The van der Waals surface area contributed by atoms with Crippen molar-refractivity contribution in [3.8, 4) is 5.75 Å². The largest absolute Gasteiger partial charge is 0.494 e. The predicted octanol–water partition coefficient (Wildman–Crippen LogP) is 2.54. The van der Waals surface area contributed by atoms with Gasteiger partial charge in [-0.1, -0.05) is 5.16 Å². The maximum atomic E-state index is 13.8. The number of methoxy groups -OCH3 is 1. The Morgan fingerprint density at radius 2 is 2.08 bits per heavy atom. The maximum Gasteiger partial charge on any atom is 0.165 e. The fourth-order valence-electron chi connectivity index (χ4n) is 3.76. The van der Waals surface area contributed by atoms with E-state index in [-0.39, 0.29) is 17.7 Å². The molecular weight excluding hydrogens is 321 g/mol. The topological polar surface area (TPSA) is 46.1 Å². The highest BCUT2D eigenvalue weighted by atomic mass is 19.1. The summed E-state index contributed by atoms with van der Waals surface area (Å²) in [5.41, 5.74) is 1.57. The fourth-order valence-corrected chi connectivity index (χ4v) is 3.76. The number of hydrogen-bond donors (Lipinski definition) is 1. The van der Waals surface area contributed by atoms with Crippen LogP contribution in [-0.4, -0.2) is 55.5 Å². The normalized spacial score (nSPS) is 24.9. The van der Waals surface area contributed by atoms with Gasteiger partial charge in [-0.15, -0.1) is 0 Å². The summed E-state index contributed by atoms with van der Waals surface area (Å²) in [6.45, 7) is 3.21. The average molecular weight is 347 g/mol. The first-order valence-electron chi connectivity index (χ1n) is 9.27. The number of nitrogens with one attached hydrogen (secondary N) is 1. The van der Waals surface area contributed by atoms with Crippen molar-refractivity contribution < 1.29 is 14.0 Å². The molecule has 2 fully saturated rings. The van der Waals surface area contributed by atoms with Crippen LogP contribution in [-0.2, 0) is 4.84 Å². The Labute approximate surface area is 148 Å². The van der Waals surface area contributed by atoms with E-state index in [1.807, 2.05) is 6.07 Å². The highest BCUT2D eigenvalue weighted by Crippen LogP contribution is 2.29. The Balaban J connectivity index is 1.23. The van der Waals surface area contributed by atoms with Crippen molar-refractivity contribution >= 4 is 5.71 Å². The molecule has 3 aliphatic rings. The summed E-state index contributed by atoms with van der Waals surface area (Å²) >= 11 is 0. The number of likely N-dealkylation sites (tertiary alicyclic amines) is 1. The number of benzene rings is 1. The van der Waals surface area contributed by atoms with E-state index in [0.29, 0.717) is 12.5 Å². The van der Waals surface area contributed by atoms with Crippen LogP contribution in [0.5, 0.6) is 5.75 Å². The van der Waals surface area contributed by atoms with Crippen LogP contribution in [0.25, 0.3) is 0 Å². The summed E-state index contributed by atoms with van der Waals surface area (Å²) in [6.07, 6.45) is 5.93. The van der Waals surface area contributed by atoms with Gasteiger partial charge >= 0.3 is 0 Å². The van der Waals surface area contributed by atoms with Crippen molar-refractivity contribution in [1.82, 2.24) is 10.2 Å². The van der Waals surface area contributed by atoms with Gasteiger partial charge in [0.15, 0.2) is 11.6 Å². The molecule has 5 nitrogen and oxygen atoms in total. The molecule has 0 amide bonds. The summed E-state index contributed by atoms with van der Waals surface area (Å²) in [7, 11) is 1.46. The van der Waals surface area contributed by atoms with Crippen LogP contribution < -0.4 is 10.1 Å². The zero-order valence-electron chi connectivity index (χ0n) is 14.7. The maximum absolute atomic E-state index is 13.8. The van der Waals surface area contributed by atoms with Gasteiger partial charge in [-0.25, -0.2) is 4.39 Å². The lowest BCUT2D eigenvalue weighted by molar-refractivity contribution is 0.0789. The first-order valence-corrected chi connectivity index (χ1v) is 9.27. The van der Waals surface area contributed by atoms with E-state index >= 15 is 0 Å². The third-order valence-corrected chi connectivity index (χ3v) is 5.45. The molecule has 1 aromatic carbocycles. The summed E-state index contributed by atoms with van der Waals surface area (Å²) in [5, 5.41) is 7.78. The molecule has 2 aliphatic heterocycles. The number of oxime groups is 1. The Morgan fingerprint density at radius 1 is 1.28 bits per heavy atom. The zero-order chi connectivity index (χ0) is 17.2. The van der Waals surface area contributed by atoms with Crippen LogP contribution in [0.1, 0.15) is 37.7 Å². The molecule has 25 heavy (non-hydrogen) atoms. The molecule has 2 heterocycles. The molecule has 0 radical (unpaired) electrons. The van der Waals surface area contributed by atoms with Crippen LogP contribution in [0.3, 0.4) is 0 Å². The lowest BCUT2D eigenvalue weighted by Crippen LogP contribution is -2.45. The van der Waals surface area contributed by atoms with Gasteiger partial charge in [0.05, 0.1) is 12.8 Å². The monoisotopic (exact) mass is 347 g/mol. The van der Waals surface area contributed by atoms with Crippen LogP contribution in [0.4, 0.5) is 4.39 Å². The second-order valence-corrected chi connectivity index (χ2v) is 7.27. The average Bonchev–Trinajstić information content (AvgIpc) is 3.38. The van der Waals surface area contributed by atoms with Crippen molar-refractivity contribution in [3.63, 3.8) is 0 Å². The van der Waals surface area contributed by atoms with Crippen molar-refractivity contribution in [3.05, 3.63) is 29.6 Å². The van der Waals surface area contributed by atoms with Gasteiger partial charge in [0.25, 0.3) is 0 Å². The first-order chi connectivity index (χ1) is 12.2. The minimum Gasteiger partial charge on any atom is -0.494 e. The highest BCUT2D eigenvalue weighted by Gasteiger charge is 2.32. The van der Waals surface area contributed by atoms with E-state index < -0.39 is 0 Å². The minimum atomic E-state index is -0.369. The van der Waals surface area contributed by atoms with E-state index in [4.69, 9.17) is 9.57 Å². The molecule has 0 bridgehead atoms. The molecular formula is C19H26FN3O2. The molecule has 1 unspecified atom stereocenters. The summed E-state index contributed by atoms with van der Waals surface area (Å²) in [4.78, 5) is 8.17. The van der Waals surface area contributed by atoms with Crippen molar-refractivity contribution in [2.75, 3.05) is 26.7 Å². The number of halogens is 1. The second kappa shape index (κ2) is 7.30. The molecule has 1 atom stereocenters. The highest BCUT2D eigenvalue weighted by molar-refractivity contribution is 6.01. The third kappa shape index (κ3) is 3.96. The smallest absolute Gasteiger partial charge is 0.165 e. The molecule has 1 N–H and O–H groups in total. The van der Waals surface area contributed by atoms with Gasteiger partial charge in [0, 0.05) is 30.6 Å². The van der Waals surface area contributed by atoms with Crippen LogP contribution in [0, 0.1) is 5.82 Å². The van der Waals surface area contributed by atoms with Gasteiger partial charge < -0.3 is 19.8 Å². The van der Waals surface area contributed by atoms with E-state index in [9.17, 15) is 4.39 Å². The zero-order valence-corrected chi connectivity index (χ0v) is 14.7. The summed E-state index contributed by atoms with van der Waals surface area (Å²) < 4.78 is 18.8. The van der Waals surface area contributed by atoms with E-state index in [1.165, 1.54) is 51.9 Å². The van der Waals surface area contributed by atoms with Gasteiger partial charge in [-0.3, -0.25) is 0 Å². The Hall–Kier alpha value is -1.66. The van der Waals surface area contributed by atoms with Gasteiger partial charge in [0.2, 0.25) is 0 Å². The quantitative estimate of drug-likeness (QED) is 0.859. The van der Waals surface area contributed by atoms with Gasteiger partial charge in [0.1, 0.15) is 6.10 Å². The molecule has 6 heteroatoms. The third-order valence-electron chi connectivity index (χ3n) is 5.45. The molecule has 1 saturated heterocycles. The number of nitrogens with zero attached hydrogens (tertiary/aromatic N) is 2. The van der Waals surface area contributed by atoms with E-state index in [1.54, 1.807) is 6.07 Å². The fraction of sp³-hybridized carbons (Fsp3) is 0.632. The number of rotatable bonds is 6. The molecule has 0 spiro atoms. The number of piperidine rings is 1. The first kappa shape index (κ1) is 16.8. The molecule has 4 rings (SSSR count). The Morgan fingerprint density at radius 3 is 2.76 bits per heavy atom. The predicted molar refractivity (Wildman–Crippen MR) is 94.6 cm³/mol. The van der Waals surface area contributed by atoms with Crippen molar-refractivity contribution in [2.45, 2.75) is 50.3 Å². The van der Waals surface area contributed by atoms with Crippen molar-refractivity contribution in [1.29, 1.82) is 0 Å². The molecule has 1 aliphatic carbocycles. The van der Waals surface area contributed by atoms with Crippen molar-refractivity contribution in [2.24, 2.45) is 5.16 Å². The van der Waals surface area contributed by atoms with Gasteiger partial charge in [-0.05, 0) is 57.0 Å². The second-order valence-electron chi connectivity index (χ2n) is 7.27. The Kier molecular flexibility index (Phi) is 4.90. The molecule has 1 saturated carbocycles. The van der Waals surface area contributed by atoms with Crippen LogP contribution in [0.2, 0.25) is 0 Å². The van der Waals surface area contributed by atoms with Gasteiger partial charge in [-0.2, -0.15) is 0 Å². The summed E-state index contributed by atoms with van der Waals surface area (Å²) in [5.74, 6) is -0.120. The Bertz CT molecular complexity index is 640. The van der Waals surface area contributed by atoms with Crippen LogP contribution in [0.15, 0.2) is 23.4 Å². The minimum absolute atomic E-state index is 0.0293. The molecule has 0 aromatic heterocycles. The standard InChI is InChI=1S/C19H26FN3O2/c1-24-19-5-2-13(10-17(19)20)18-11-16(25-22-18)12-21-14-6-8-23(9-7-14)15-3-4-15/h2,5,10,14-16,21H,3-4,6-9,11-12H2,1H3. The molecule has 1 aromatic rings.